The lowest BCUT2D eigenvalue weighted by Gasteiger charge is -2.33. The fourth-order valence-corrected chi connectivity index (χ4v) is 2.72. The van der Waals surface area contributed by atoms with Gasteiger partial charge >= 0.3 is 17.9 Å². The number of carbonyl (C=O) groups excluding carboxylic acids is 4. The van der Waals surface area contributed by atoms with Crippen molar-refractivity contribution in [1.29, 1.82) is 0 Å². The summed E-state index contributed by atoms with van der Waals surface area (Å²) in [5.74, 6) is -3.00. The average molecular weight is 347 g/mol. The zero-order chi connectivity index (χ0) is 18.7. The molecule has 136 valence electrons. The van der Waals surface area contributed by atoms with Crippen LogP contribution in [0, 0.1) is 0 Å². The summed E-state index contributed by atoms with van der Waals surface area (Å²) in [5.41, 5.74) is -2.22. The van der Waals surface area contributed by atoms with Crippen molar-refractivity contribution in [2.45, 2.75) is 57.6 Å². The van der Waals surface area contributed by atoms with Crippen LogP contribution in [0.2, 0.25) is 0 Å². The van der Waals surface area contributed by atoms with Crippen LogP contribution in [0.5, 0.6) is 0 Å². The molecule has 1 amide bonds. The van der Waals surface area contributed by atoms with E-state index in [-0.39, 0.29) is 0 Å². The Bertz CT molecular complexity index is 490. The van der Waals surface area contributed by atoms with Crippen LogP contribution in [-0.2, 0) is 33.4 Å². The van der Waals surface area contributed by atoms with Gasteiger partial charge in [0.25, 0.3) is 0 Å². The number of hydrogen-bond acceptors (Lipinski definition) is 9. The molecule has 5 atom stereocenters. The monoisotopic (exact) mass is 347 g/mol. The first-order valence-electron chi connectivity index (χ1n) is 7.15. The Balaban J connectivity index is 3.39. The first kappa shape index (κ1) is 19.8. The molecule has 0 aromatic rings. The maximum Gasteiger partial charge on any atom is 0.303 e. The summed E-state index contributed by atoms with van der Waals surface area (Å²) in [6.07, 6.45) is -4.33. The van der Waals surface area contributed by atoms with Crippen LogP contribution in [0.15, 0.2) is 0 Å². The van der Waals surface area contributed by atoms with Gasteiger partial charge in [0.1, 0.15) is 6.04 Å². The number of amides is 1. The van der Waals surface area contributed by atoms with Gasteiger partial charge in [-0.25, -0.2) is 0 Å². The Kier molecular flexibility index (Phi) is 6.27. The summed E-state index contributed by atoms with van der Waals surface area (Å²) in [6, 6.07) is -1.36. The fraction of sp³-hybridized carbons (Fsp3) is 0.714. The normalized spacial score (nSPS) is 31.9. The van der Waals surface area contributed by atoms with E-state index in [9.17, 15) is 29.4 Å². The van der Waals surface area contributed by atoms with Crippen LogP contribution >= 0.6 is 0 Å². The molecule has 10 nitrogen and oxygen atoms in total. The lowest BCUT2D eigenvalue weighted by molar-refractivity contribution is -0.186. The molecule has 0 aliphatic heterocycles. The first-order valence-corrected chi connectivity index (χ1v) is 7.15. The van der Waals surface area contributed by atoms with Crippen LogP contribution in [0.25, 0.3) is 0 Å². The van der Waals surface area contributed by atoms with E-state index in [4.69, 9.17) is 14.2 Å². The van der Waals surface area contributed by atoms with Crippen LogP contribution < -0.4 is 5.32 Å². The number of aliphatic hydroxyl groups excluding tert-OH is 1. The lowest BCUT2D eigenvalue weighted by atomic mass is 9.95. The van der Waals surface area contributed by atoms with Crippen molar-refractivity contribution < 1.29 is 43.6 Å². The van der Waals surface area contributed by atoms with Gasteiger partial charge in [0.05, 0.1) is 6.61 Å². The number of nitrogens with one attached hydrogen (secondary N) is 1. The number of esters is 3. The largest absolute Gasteiger partial charge is 0.456 e. The highest BCUT2D eigenvalue weighted by molar-refractivity contribution is 5.74. The van der Waals surface area contributed by atoms with E-state index in [1.54, 1.807) is 0 Å². The SMILES string of the molecule is CC(=O)N[C@H]1[C@@H](OC(C)=O)[C@H](OC(C)=O)[C@@H](OC(C)=O)[C@]1(O)CO. The van der Waals surface area contributed by atoms with Crippen LogP contribution in [0.4, 0.5) is 0 Å². The average Bonchev–Trinajstić information content (AvgIpc) is 2.61. The van der Waals surface area contributed by atoms with E-state index in [0.717, 1.165) is 27.7 Å². The molecule has 0 bridgehead atoms. The molecular weight excluding hydrogens is 326 g/mol. The van der Waals surface area contributed by atoms with Crippen molar-refractivity contribution >= 4 is 23.8 Å². The maximum absolute atomic E-state index is 11.4. The molecule has 0 aromatic heterocycles. The Labute approximate surface area is 138 Å². The molecule has 3 N–H and O–H groups in total. The quantitative estimate of drug-likeness (QED) is 0.380. The van der Waals surface area contributed by atoms with E-state index in [1.807, 2.05) is 0 Å². The zero-order valence-corrected chi connectivity index (χ0v) is 13.8. The molecule has 0 heterocycles. The van der Waals surface area contributed by atoms with Gasteiger partial charge in [-0.1, -0.05) is 0 Å². The van der Waals surface area contributed by atoms with Crippen molar-refractivity contribution in [2.24, 2.45) is 0 Å². The Morgan fingerprint density at radius 1 is 0.917 bits per heavy atom. The van der Waals surface area contributed by atoms with Gasteiger partial charge in [-0.05, 0) is 0 Å². The van der Waals surface area contributed by atoms with E-state index in [2.05, 4.69) is 5.32 Å². The van der Waals surface area contributed by atoms with Crippen LogP contribution in [0.1, 0.15) is 27.7 Å². The predicted molar refractivity (Wildman–Crippen MR) is 76.3 cm³/mol. The van der Waals surface area contributed by atoms with E-state index in [0.29, 0.717) is 0 Å². The first-order chi connectivity index (χ1) is 11.0. The van der Waals surface area contributed by atoms with Gasteiger partial charge in [-0.15, -0.1) is 0 Å². The summed E-state index contributed by atoms with van der Waals surface area (Å²) in [5, 5.41) is 22.7. The molecule has 1 aliphatic rings. The van der Waals surface area contributed by atoms with Gasteiger partial charge < -0.3 is 29.7 Å². The molecule has 0 unspecified atom stereocenters. The molecule has 0 saturated heterocycles. The van der Waals surface area contributed by atoms with Crippen molar-refractivity contribution in [3.8, 4) is 0 Å². The molecule has 0 aromatic carbocycles. The Hall–Kier alpha value is -2.20. The number of rotatable bonds is 5. The van der Waals surface area contributed by atoms with Gasteiger partial charge in [-0.3, -0.25) is 19.2 Å². The highest BCUT2D eigenvalue weighted by Crippen LogP contribution is 2.37. The topological polar surface area (TPSA) is 148 Å². The minimum atomic E-state index is -2.22. The minimum Gasteiger partial charge on any atom is -0.456 e. The van der Waals surface area contributed by atoms with E-state index < -0.39 is 60.4 Å². The highest BCUT2D eigenvalue weighted by atomic mass is 16.6. The number of aliphatic hydroxyl groups is 2. The Morgan fingerprint density at radius 3 is 1.75 bits per heavy atom. The zero-order valence-electron chi connectivity index (χ0n) is 13.8. The summed E-state index contributed by atoms with van der Waals surface area (Å²) >= 11 is 0. The maximum atomic E-state index is 11.4. The third kappa shape index (κ3) is 4.20. The third-order valence-corrected chi connectivity index (χ3v) is 3.49. The molecular formula is C14H21NO9. The predicted octanol–water partition coefficient (Wildman–Crippen LogP) is -1.98. The molecule has 0 radical (unpaired) electrons. The second-order valence-corrected chi connectivity index (χ2v) is 5.51. The molecule has 1 aliphatic carbocycles. The van der Waals surface area contributed by atoms with Crippen LogP contribution in [-0.4, -0.2) is 70.6 Å². The third-order valence-electron chi connectivity index (χ3n) is 3.49. The van der Waals surface area contributed by atoms with Crippen molar-refractivity contribution in [3.05, 3.63) is 0 Å². The molecule has 1 saturated carbocycles. The number of carbonyl (C=O) groups is 4. The summed E-state index contributed by atoms with van der Waals surface area (Å²) in [7, 11) is 0. The minimum absolute atomic E-state index is 0.603. The van der Waals surface area contributed by atoms with Gasteiger partial charge in [0.15, 0.2) is 23.9 Å². The fourth-order valence-electron chi connectivity index (χ4n) is 2.72. The van der Waals surface area contributed by atoms with Gasteiger partial charge in [0.2, 0.25) is 5.91 Å². The van der Waals surface area contributed by atoms with Crippen LogP contribution in [0.3, 0.4) is 0 Å². The lowest BCUT2D eigenvalue weighted by Crippen LogP contribution is -2.59. The molecule has 0 spiro atoms. The van der Waals surface area contributed by atoms with E-state index >= 15 is 0 Å². The smallest absolute Gasteiger partial charge is 0.303 e. The standard InChI is InChI=1S/C14H21NO9/c1-6(17)15-12-10(22-7(2)18)11(23-8(3)19)13(24-9(4)20)14(12,21)5-16/h10-13,16,21H,5H2,1-4H3,(H,15,17)/t10-,11-,12-,13+,14-/m0/s1. The number of ether oxygens (including phenoxy) is 3. The molecule has 1 rings (SSSR count). The van der Waals surface area contributed by atoms with Crippen molar-refractivity contribution in [1.82, 2.24) is 5.32 Å². The van der Waals surface area contributed by atoms with Gasteiger partial charge in [-0.2, -0.15) is 0 Å². The summed E-state index contributed by atoms with van der Waals surface area (Å²) < 4.78 is 15.1. The summed E-state index contributed by atoms with van der Waals surface area (Å²) in [4.78, 5) is 45.5. The van der Waals surface area contributed by atoms with Crippen molar-refractivity contribution in [2.75, 3.05) is 6.61 Å². The molecule has 10 heteroatoms. The summed E-state index contributed by atoms with van der Waals surface area (Å²) in [6.45, 7) is 3.38. The second kappa shape index (κ2) is 7.58. The molecule has 1 fully saturated rings. The van der Waals surface area contributed by atoms with Crippen molar-refractivity contribution in [3.63, 3.8) is 0 Å². The second-order valence-electron chi connectivity index (χ2n) is 5.51. The van der Waals surface area contributed by atoms with Gasteiger partial charge in [0, 0.05) is 27.7 Å². The van der Waals surface area contributed by atoms with E-state index in [1.165, 1.54) is 0 Å². The number of hydrogen-bond donors (Lipinski definition) is 3. The molecule has 24 heavy (non-hydrogen) atoms. The highest BCUT2D eigenvalue weighted by Gasteiger charge is 2.65. The Morgan fingerprint density at radius 2 is 1.38 bits per heavy atom.